The number of hydrogen-bond donors (Lipinski definition) is 2. The van der Waals surface area contributed by atoms with Crippen LogP contribution >= 0.6 is 0 Å². The predicted molar refractivity (Wildman–Crippen MR) is 76.6 cm³/mol. The van der Waals surface area contributed by atoms with Gasteiger partial charge in [-0.05, 0) is 17.7 Å². The van der Waals surface area contributed by atoms with Gasteiger partial charge in [0.15, 0.2) is 5.96 Å². The van der Waals surface area contributed by atoms with Gasteiger partial charge in [-0.3, -0.25) is 9.97 Å². The van der Waals surface area contributed by atoms with Crippen LogP contribution in [0.3, 0.4) is 0 Å². The molecular formula is C14H13N5. The van der Waals surface area contributed by atoms with E-state index in [1.807, 2.05) is 30.3 Å². The third-order valence-electron chi connectivity index (χ3n) is 3.01. The summed E-state index contributed by atoms with van der Waals surface area (Å²) in [7, 11) is 0. The number of nitrogens with two attached hydrogens (primary N) is 2. The Morgan fingerprint density at radius 2 is 1.84 bits per heavy atom. The molecule has 0 amide bonds. The third-order valence-corrected chi connectivity index (χ3v) is 3.01. The van der Waals surface area contributed by atoms with Gasteiger partial charge in [0.2, 0.25) is 0 Å². The quantitative estimate of drug-likeness (QED) is 0.411. The van der Waals surface area contributed by atoms with Crippen molar-refractivity contribution in [3.8, 4) is 0 Å². The van der Waals surface area contributed by atoms with Crippen LogP contribution in [-0.4, -0.2) is 15.9 Å². The molecule has 5 nitrogen and oxygen atoms in total. The van der Waals surface area contributed by atoms with Crippen molar-refractivity contribution in [2.45, 2.75) is 6.54 Å². The summed E-state index contributed by atoms with van der Waals surface area (Å²) in [6.45, 7) is 0.444. The van der Waals surface area contributed by atoms with Crippen molar-refractivity contribution in [2.24, 2.45) is 16.5 Å². The van der Waals surface area contributed by atoms with E-state index in [-0.39, 0.29) is 5.96 Å². The van der Waals surface area contributed by atoms with Gasteiger partial charge in [0.05, 0.1) is 17.6 Å². The Labute approximate surface area is 110 Å². The van der Waals surface area contributed by atoms with Gasteiger partial charge in [-0.1, -0.05) is 18.2 Å². The highest BCUT2D eigenvalue weighted by atomic mass is 15.0. The molecule has 19 heavy (non-hydrogen) atoms. The number of aliphatic imine (C=N–C) groups is 1. The van der Waals surface area contributed by atoms with Gasteiger partial charge >= 0.3 is 0 Å². The monoisotopic (exact) mass is 251 g/mol. The predicted octanol–water partition coefficient (Wildman–Crippen LogP) is 1.56. The topological polar surface area (TPSA) is 90.2 Å². The maximum absolute atomic E-state index is 5.37. The lowest BCUT2D eigenvalue weighted by atomic mass is 10.1. The lowest BCUT2D eigenvalue weighted by molar-refractivity contribution is 1.06. The van der Waals surface area contributed by atoms with Crippen LogP contribution in [0.2, 0.25) is 0 Å². The number of aromatic nitrogens is 2. The maximum atomic E-state index is 5.37. The van der Waals surface area contributed by atoms with Crippen molar-refractivity contribution in [1.29, 1.82) is 0 Å². The second kappa shape index (κ2) is 4.53. The highest BCUT2D eigenvalue weighted by Crippen LogP contribution is 2.24. The Kier molecular flexibility index (Phi) is 2.72. The lowest BCUT2D eigenvalue weighted by Gasteiger charge is -2.06. The molecule has 2 aromatic heterocycles. The summed E-state index contributed by atoms with van der Waals surface area (Å²) in [6, 6.07) is 9.92. The molecule has 0 aliphatic carbocycles. The van der Waals surface area contributed by atoms with Gasteiger partial charge in [0.25, 0.3) is 0 Å². The first-order valence-corrected chi connectivity index (χ1v) is 5.92. The van der Waals surface area contributed by atoms with E-state index < -0.39 is 0 Å². The van der Waals surface area contributed by atoms with Crippen LogP contribution in [0.15, 0.2) is 47.7 Å². The van der Waals surface area contributed by atoms with E-state index >= 15 is 0 Å². The molecule has 1 aromatic carbocycles. The molecule has 0 saturated carbocycles. The summed E-state index contributed by atoms with van der Waals surface area (Å²) in [6.07, 6.45) is 3.53. The first-order valence-electron chi connectivity index (χ1n) is 5.92. The second-order valence-electron chi connectivity index (χ2n) is 4.25. The van der Waals surface area contributed by atoms with Crippen LogP contribution < -0.4 is 11.5 Å². The van der Waals surface area contributed by atoms with Gasteiger partial charge in [-0.2, -0.15) is 0 Å². The average molecular weight is 251 g/mol. The first-order chi connectivity index (χ1) is 9.25. The Hall–Kier alpha value is -2.69. The Morgan fingerprint density at radius 3 is 2.68 bits per heavy atom. The normalized spacial score (nSPS) is 10.7. The molecular weight excluding hydrogens is 238 g/mol. The molecule has 3 aromatic rings. The van der Waals surface area contributed by atoms with Crippen LogP contribution in [0.4, 0.5) is 0 Å². The highest BCUT2D eigenvalue weighted by molar-refractivity contribution is 6.03. The van der Waals surface area contributed by atoms with E-state index in [0.29, 0.717) is 6.54 Å². The fourth-order valence-electron chi connectivity index (χ4n) is 2.13. The number of nitrogens with zero attached hydrogens (tertiary/aromatic N) is 3. The van der Waals surface area contributed by atoms with Crippen LogP contribution in [0, 0.1) is 0 Å². The van der Waals surface area contributed by atoms with Crippen LogP contribution in [0.5, 0.6) is 0 Å². The Morgan fingerprint density at radius 1 is 1.00 bits per heavy atom. The van der Waals surface area contributed by atoms with Gasteiger partial charge in [-0.15, -0.1) is 0 Å². The van der Waals surface area contributed by atoms with E-state index in [1.165, 1.54) is 0 Å². The molecule has 0 fully saturated rings. The van der Waals surface area contributed by atoms with Crippen molar-refractivity contribution in [1.82, 2.24) is 9.97 Å². The van der Waals surface area contributed by atoms with Crippen molar-refractivity contribution in [3.05, 3.63) is 48.3 Å². The largest absolute Gasteiger partial charge is 0.370 e. The third kappa shape index (κ3) is 2.06. The summed E-state index contributed by atoms with van der Waals surface area (Å²) in [4.78, 5) is 12.9. The Bertz CT molecular complexity index is 775. The van der Waals surface area contributed by atoms with Crippen LogP contribution in [0.25, 0.3) is 21.8 Å². The molecule has 2 heterocycles. The summed E-state index contributed by atoms with van der Waals surface area (Å²) >= 11 is 0. The van der Waals surface area contributed by atoms with Crippen molar-refractivity contribution >= 4 is 27.8 Å². The SMILES string of the molecule is NC(N)=NCc1ccnc2c1ccc1cccnc12. The van der Waals surface area contributed by atoms with Gasteiger partial charge in [-0.25, -0.2) is 4.99 Å². The minimum absolute atomic E-state index is 0.0869. The fraction of sp³-hybridized carbons (Fsp3) is 0.0714. The molecule has 0 aliphatic heterocycles. The molecule has 0 radical (unpaired) electrons. The molecule has 4 N–H and O–H groups in total. The van der Waals surface area contributed by atoms with E-state index in [4.69, 9.17) is 11.5 Å². The summed E-state index contributed by atoms with van der Waals surface area (Å²) in [5, 5.41) is 2.10. The number of hydrogen-bond acceptors (Lipinski definition) is 3. The number of rotatable bonds is 2. The fourth-order valence-corrected chi connectivity index (χ4v) is 2.13. The van der Waals surface area contributed by atoms with E-state index in [2.05, 4.69) is 15.0 Å². The maximum Gasteiger partial charge on any atom is 0.186 e. The Balaban J connectivity index is 2.26. The van der Waals surface area contributed by atoms with E-state index in [1.54, 1.807) is 12.4 Å². The zero-order chi connectivity index (χ0) is 13.2. The number of pyridine rings is 2. The average Bonchev–Trinajstić information content (AvgIpc) is 2.44. The lowest BCUT2D eigenvalue weighted by Crippen LogP contribution is -2.22. The second-order valence-corrected chi connectivity index (χ2v) is 4.25. The summed E-state index contributed by atoms with van der Waals surface area (Å²) in [5.41, 5.74) is 13.6. The van der Waals surface area contributed by atoms with Crippen LogP contribution in [-0.2, 0) is 6.54 Å². The van der Waals surface area contributed by atoms with Gasteiger partial charge in [0, 0.05) is 23.2 Å². The number of guanidine groups is 1. The van der Waals surface area contributed by atoms with Crippen molar-refractivity contribution < 1.29 is 0 Å². The highest BCUT2D eigenvalue weighted by Gasteiger charge is 2.06. The molecule has 0 aliphatic rings. The minimum Gasteiger partial charge on any atom is -0.370 e. The standard InChI is InChI=1S/C14H13N5/c15-14(16)19-8-10-5-7-18-13-11(10)4-3-9-2-1-6-17-12(9)13/h1-7H,8H2,(H4,15,16,19). The summed E-state index contributed by atoms with van der Waals surface area (Å²) < 4.78 is 0. The summed E-state index contributed by atoms with van der Waals surface area (Å²) in [5.74, 6) is 0.0869. The molecule has 94 valence electrons. The van der Waals surface area contributed by atoms with E-state index in [9.17, 15) is 0 Å². The van der Waals surface area contributed by atoms with Crippen molar-refractivity contribution in [3.63, 3.8) is 0 Å². The molecule has 0 unspecified atom stereocenters. The molecule has 3 rings (SSSR count). The van der Waals surface area contributed by atoms with Crippen LogP contribution in [0.1, 0.15) is 5.56 Å². The molecule has 0 saturated heterocycles. The molecule has 0 atom stereocenters. The van der Waals surface area contributed by atoms with Gasteiger partial charge < -0.3 is 11.5 Å². The number of benzene rings is 1. The van der Waals surface area contributed by atoms with Crippen molar-refractivity contribution in [2.75, 3.05) is 0 Å². The molecule has 5 heteroatoms. The van der Waals surface area contributed by atoms with E-state index in [0.717, 1.165) is 27.4 Å². The zero-order valence-corrected chi connectivity index (χ0v) is 10.2. The smallest absolute Gasteiger partial charge is 0.186 e. The molecule has 0 bridgehead atoms. The zero-order valence-electron chi connectivity index (χ0n) is 10.2. The number of fused-ring (bicyclic) bond motifs is 3. The first kappa shape index (κ1) is 11.4. The van der Waals surface area contributed by atoms with Gasteiger partial charge in [0.1, 0.15) is 0 Å². The molecule has 0 spiro atoms. The minimum atomic E-state index is 0.0869.